The molecule has 1 N–H and O–H groups in total. The Morgan fingerprint density at radius 3 is 2.78 bits per heavy atom. The Morgan fingerprint density at radius 1 is 1.39 bits per heavy atom. The number of hydrogen-bond donors (Lipinski definition) is 1. The first-order valence-corrected chi connectivity index (χ1v) is 7.02. The maximum Gasteiger partial charge on any atom is 0.253 e. The summed E-state index contributed by atoms with van der Waals surface area (Å²) in [6.07, 6.45) is 0. The number of carbonyl (C=O) groups is 1. The molecule has 2 rings (SSSR count). The zero-order valence-electron chi connectivity index (χ0n) is 9.04. The second-order valence-electron chi connectivity index (χ2n) is 3.51. The van der Waals surface area contributed by atoms with E-state index in [0.717, 1.165) is 14.7 Å². The van der Waals surface area contributed by atoms with Crippen molar-refractivity contribution in [1.29, 1.82) is 0 Å². The molecule has 0 unspecified atom stereocenters. The monoisotopic (exact) mass is 347 g/mol. The molecule has 0 aliphatic heterocycles. The fourth-order valence-electron chi connectivity index (χ4n) is 1.38. The molecule has 1 aromatic carbocycles. The van der Waals surface area contributed by atoms with Crippen LogP contribution >= 0.6 is 38.9 Å². The molecule has 0 saturated carbocycles. The van der Waals surface area contributed by atoms with E-state index in [9.17, 15) is 9.18 Å². The zero-order valence-corrected chi connectivity index (χ0v) is 12.2. The smallest absolute Gasteiger partial charge is 0.253 e. The first-order chi connectivity index (χ1) is 8.56. The van der Waals surface area contributed by atoms with Crippen LogP contribution in [0.25, 0.3) is 0 Å². The van der Waals surface area contributed by atoms with E-state index in [1.807, 2.05) is 12.1 Å². The number of benzene rings is 1. The Hall–Kier alpha value is -0.910. The highest BCUT2D eigenvalue weighted by molar-refractivity contribution is 9.11. The number of halogens is 3. The summed E-state index contributed by atoms with van der Waals surface area (Å²) in [5, 5.41) is 2.84. The molecule has 0 fully saturated rings. The maximum atomic E-state index is 12.8. The number of hydrogen-bond acceptors (Lipinski definition) is 2. The SMILES string of the molecule is O=C(NCc1ccc(Br)s1)c1ccc(F)cc1Cl. The normalized spacial score (nSPS) is 10.4. The van der Waals surface area contributed by atoms with Crippen LogP contribution in [0.2, 0.25) is 5.02 Å². The van der Waals surface area contributed by atoms with Crippen LogP contribution in [0, 0.1) is 5.82 Å². The summed E-state index contributed by atoms with van der Waals surface area (Å²) in [5.41, 5.74) is 0.272. The van der Waals surface area contributed by atoms with Crippen molar-refractivity contribution in [3.05, 3.63) is 55.4 Å². The zero-order chi connectivity index (χ0) is 13.1. The topological polar surface area (TPSA) is 29.1 Å². The van der Waals surface area contributed by atoms with Crippen molar-refractivity contribution in [2.75, 3.05) is 0 Å². The number of rotatable bonds is 3. The molecule has 0 saturated heterocycles. The van der Waals surface area contributed by atoms with Gasteiger partial charge in [-0.1, -0.05) is 11.6 Å². The second kappa shape index (κ2) is 5.82. The van der Waals surface area contributed by atoms with Crippen LogP contribution in [0.5, 0.6) is 0 Å². The standard InChI is InChI=1S/C12H8BrClFNOS/c13-11-4-2-8(18-11)6-16-12(17)9-3-1-7(15)5-10(9)14/h1-5H,6H2,(H,16,17). The molecule has 1 aromatic heterocycles. The van der Waals surface area contributed by atoms with Gasteiger partial charge in [0.05, 0.1) is 20.9 Å². The van der Waals surface area contributed by atoms with Crippen molar-refractivity contribution >= 4 is 44.8 Å². The number of nitrogens with one attached hydrogen (secondary N) is 1. The van der Waals surface area contributed by atoms with Gasteiger partial charge in [-0.3, -0.25) is 4.79 Å². The van der Waals surface area contributed by atoms with Gasteiger partial charge in [0.1, 0.15) is 5.82 Å². The fraction of sp³-hybridized carbons (Fsp3) is 0.0833. The molecule has 0 spiro atoms. The van der Waals surface area contributed by atoms with Crippen LogP contribution < -0.4 is 5.32 Å². The fourth-order valence-corrected chi connectivity index (χ4v) is 3.06. The summed E-state index contributed by atoms with van der Waals surface area (Å²) in [6, 6.07) is 7.54. The van der Waals surface area contributed by atoms with Gasteiger partial charge in [0.2, 0.25) is 0 Å². The van der Waals surface area contributed by atoms with E-state index in [2.05, 4.69) is 21.2 Å². The van der Waals surface area contributed by atoms with Crippen LogP contribution in [0.4, 0.5) is 4.39 Å². The Kier molecular flexibility index (Phi) is 4.37. The summed E-state index contributed by atoms with van der Waals surface area (Å²) in [5.74, 6) is -0.775. The Balaban J connectivity index is 2.03. The highest BCUT2D eigenvalue weighted by Gasteiger charge is 2.11. The van der Waals surface area contributed by atoms with Gasteiger partial charge in [0.25, 0.3) is 5.91 Å². The first kappa shape index (κ1) is 13.5. The Morgan fingerprint density at radius 2 is 2.17 bits per heavy atom. The molecular weight excluding hydrogens is 341 g/mol. The molecule has 0 bridgehead atoms. The van der Waals surface area contributed by atoms with E-state index in [4.69, 9.17) is 11.6 Å². The van der Waals surface area contributed by atoms with Gasteiger partial charge >= 0.3 is 0 Å². The quantitative estimate of drug-likeness (QED) is 0.883. The van der Waals surface area contributed by atoms with Crippen LogP contribution in [0.3, 0.4) is 0 Å². The predicted octanol–water partition coefficient (Wildman–Crippen LogP) is 4.23. The summed E-state index contributed by atoms with van der Waals surface area (Å²) < 4.78 is 13.9. The van der Waals surface area contributed by atoms with Crippen LogP contribution in [0.1, 0.15) is 15.2 Å². The third-order valence-corrected chi connectivity index (χ3v) is 4.16. The lowest BCUT2D eigenvalue weighted by Crippen LogP contribution is -2.22. The third-order valence-electron chi connectivity index (χ3n) is 2.23. The molecule has 6 heteroatoms. The molecule has 1 amide bonds. The average molecular weight is 349 g/mol. The van der Waals surface area contributed by atoms with E-state index < -0.39 is 5.82 Å². The van der Waals surface area contributed by atoms with Crippen molar-refractivity contribution in [2.24, 2.45) is 0 Å². The summed E-state index contributed by atoms with van der Waals surface area (Å²) in [6.45, 7) is 0.419. The predicted molar refractivity (Wildman–Crippen MR) is 74.6 cm³/mol. The minimum absolute atomic E-state index is 0.111. The van der Waals surface area contributed by atoms with E-state index in [1.165, 1.54) is 12.1 Å². The summed E-state index contributed by atoms with van der Waals surface area (Å²) in [4.78, 5) is 12.9. The first-order valence-electron chi connectivity index (χ1n) is 5.04. The lowest BCUT2D eigenvalue weighted by molar-refractivity contribution is 0.0951. The van der Waals surface area contributed by atoms with Gasteiger partial charge in [-0.15, -0.1) is 11.3 Å². The van der Waals surface area contributed by atoms with E-state index in [0.29, 0.717) is 6.54 Å². The van der Waals surface area contributed by atoms with E-state index in [1.54, 1.807) is 11.3 Å². The molecule has 2 nitrogen and oxygen atoms in total. The minimum atomic E-state index is -0.460. The van der Waals surface area contributed by atoms with Crippen molar-refractivity contribution in [3.8, 4) is 0 Å². The van der Waals surface area contributed by atoms with Crippen LogP contribution in [-0.4, -0.2) is 5.91 Å². The van der Waals surface area contributed by atoms with E-state index in [-0.39, 0.29) is 16.5 Å². The van der Waals surface area contributed by atoms with Crippen LogP contribution in [-0.2, 0) is 6.54 Å². The number of carbonyl (C=O) groups excluding carboxylic acids is 1. The van der Waals surface area contributed by atoms with Gasteiger partial charge in [-0.2, -0.15) is 0 Å². The second-order valence-corrected chi connectivity index (χ2v) is 6.47. The molecule has 0 aliphatic carbocycles. The highest BCUT2D eigenvalue weighted by Crippen LogP contribution is 2.22. The molecule has 0 aliphatic rings. The Bertz CT molecular complexity index is 587. The van der Waals surface area contributed by atoms with Crippen LogP contribution in [0.15, 0.2) is 34.1 Å². The largest absolute Gasteiger partial charge is 0.347 e. The Labute approximate surface area is 121 Å². The minimum Gasteiger partial charge on any atom is -0.347 e. The van der Waals surface area contributed by atoms with Gasteiger partial charge < -0.3 is 5.32 Å². The van der Waals surface area contributed by atoms with Crippen molar-refractivity contribution in [3.63, 3.8) is 0 Å². The molecule has 2 aromatic rings. The average Bonchev–Trinajstić information content (AvgIpc) is 2.72. The molecule has 0 atom stereocenters. The molecular formula is C12H8BrClFNOS. The molecule has 94 valence electrons. The summed E-state index contributed by atoms with van der Waals surface area (Å²) >= 11 is 10.7. The molecule has 0 radical (unpaired) electrons. The van der Waals surface area contributed by atoms with Gasteiger partial charge in [-0.05, 0) is 46.3 Å². The number of amides is 1. The van der Waals surface area contributed by atoms with Gasteiger partial charge in [-0.25, -0.2) is 4.39 Å². The van der Waals surface area contributed by atoms with Gasteiger partial charge in [0, 0.05) is 4.88 Å². The van der Waals surface area contributed by atoms with Gasteiger partial charge in [0.15, 0.2) is 0 Å². The third kappa shape index (κ3) is 3.31. The maximum absolute atomic E-state index is 12.8. The molecule has 1 heterocycles. The lowest BCUT2D eigenvalue weighted by Gasteiger charge is -2.05. The summed E-state index contributed by atoms with van der Waals surface area (Å²) in [7, 11) is 0. The lowest BCUT2D eigenvalue weighted by atomic mass is 10.2. The van der Waals surface area contributed by atoms with Crippen molar-refractivity contribution in [1.82, 2.24) is 5.32 Å². The van der Waals surface area contributed by atoms with E-state index >= 15 is 0 Å². The number of thiophene rings is 1. The van der Waals surface area contributed by atoms with Crippen molar-refractivity contribution in [2.45, 2.75) is 6.54 Å². The highest BCUT2D eigenvalue weighted by atomic mass is 79.9. The molecule has 18 heavy (non-hydrogen) atoms. The van der Waals surface area contributed by atoms with Crippen molar-refractivity contribution < 1.29 is 9.18 Å².